The fourth-order valence-electron chi connectivity index (χ4n) is 2.22. The molecule has 0 atom stereocenters. The summed E-state index contributed by atoms with van der Waals surface area (Å²) in [4.78, 5) is 25.4. The first kappa shape index (κ1) is 17.5. The third-order valence-corrected chi connectivity index (χ3v) is 5.44. The van der Waals surface area contributed by atoms with Gasteiger partial charge in [0.25, 0.3) is 0 Å². The highest BCUT2D eigenvalue weighted by molar-refractivity contribution is 7.99. The first-order valence-corrected chi connectivity index (χ1v) is 9.76. The van der Waals surface area contributed by atoms with E-state index < -0.39 is 0 Å². The van der Waals surface area contributed by atoms with Crippen LogP contribution in [0.25, 0.3) is 0 Å². The van der Waals surface area contributed by atoms with Crippen molar-refractivity contribution in [2.75, 3.05) is 5.75 Å². The van der Waals surface area contributed by atoms with E-state index >= 15 is 0 Å². The van der Waals surface area contributed by atoms with E-state index in [1.165, 1.54) is 16.6 Å². The molecule has 0 aliphatic carbocycles. The van der Waals surface area contributed by atoms with Gasteiger partial charge in [0.05, 0.1) is 5.75 Å². The molecule has 1 heterocycles. The molecule has 0 saturated heterocycles. The molecule has 25 heavy (non-hydrogen) atoms. The van der Waals surface area contributed by atoms with E-state index in [0.29, 0.717) is 22.6 Å². The highest BCUT2D eigenvalue weighted by Gasteiger charge is 2.10. The first-order chi connectivity index (χ1) is 12.2. The number of hydrogen-bond acceptors (Lipinski definition) is 5. The lowest BCUT2D eigenvalue weighted by molar-refractivity contribution is -0.131. The smallest absolute Gasteiger partial charge is 0.321 e. The predicted octanol–water partition coefficient (Wildman–Crippen LogP) is 4.82. The minimum Gasteiger partial charge on any atom is -0.426 e. The van der Waals surface area contributed by atoms with Crippen LogP contribution in [0.4, 0.5) is 0 Å². The standard InChI is InChI=1S/C20H16O3S2/c21-19(14-24-13-18-7-4-12-25-18)23-17-10-8-16(9-11-17)20(22)15-5-2-1-3-6-15/h1-12H,13-14H2. The number of thiophene rings is 1. The van der Waals surface area contributed by atoms with Crippen molar-refractivity contribution in [3.05, 3.63) is 88.1 Å². The van der Waals surface area contributed by atoms with Crippen LogP contribution >= 0.6 is 23.1 Å². The van der Waals surface area contributed by atoms with Crippen molar-refractivity contribution in [3.8, 4) is 5.75 Å². The van der Waals surface area contributed by atoms with E-state index in [1.54, 1.807) is 47.7 Å². The summed E-state index contributed by atoms with van der Waals surface area (Å²) in [6.45, 7) is 0. The fourth-order valence-corrected chi connectivity index (χ4v) is 3.86. The number of ether oxygens (including phenoxy) is 1. The molecule has 5 heteroatoms. The predicted molar refractivity (Wildman–Crippen MR) is 102 cm³/mol. The van der Waals surface area contributed by atoms with Crippen LogP contribution in [0.3, 0.4) is 0 Å². The summed E-state index contributed by atoms with van der Waals surface area (Å²) in [5.41, 5.74) is 1.20. The van der Waals surface area contributed by atoms with Gasteiger partial charge in [0, 0.05) is 21.8 Å². The molecule has 0 N–H and O–H groups in total. The second kappa shape index (κ2) is 8.65. The van der Waals surface area contributed by atoms with Crippen molar-refractivity contribution in [3.63, 3.8) is 0 Å². The molecule has 0 aliphatic heterocycles. The zero-order valence-corrected chi connectivity index (χ0v) is 15.0. The summed E-state index contributed by atoms with van der Waals surface area (Å²) in [5, 5.41) is 2.02. The first-order valence-electron chi connectivity index (χ1n) is 7.73. The van der Waals surface area contributed by atoms with Crippen LogP contribution in [0.5, 0.6) is 5.75 Å². The third kappa shape index (κ3) is 5.05. The van der Waals surface area contributed by atoms with Gasteiger partial charge < -0.3 is 4.74 Å². The SMILES string of the molecule is O=C(CSCc1cccs1)Oc1ccc(C(=O)c2ccccc2)cc1. The highest BCUT2D eigenvalue weighted by Crippen LogP contribution is 2.19. The Balaban J connectivity index is 1.52. The van der Waals surface area contributed by atoms with Gasteiger partial charge in [-0.05, 0) is 35.7 Å². The minimum absolute atomic E-state index is 0.0509. The van der Waals surface area contributed by atoms with Gasteiger partial charge >= 0.3 is 5.97 Å². The lowest BCUT2D eigenvalue weighted by Gasteiger charge is -2.05. The van der Waals surface area contributed by atoms with Gasteiger partial charge in [0.2, 0.25) is 0 Å². The van der Waals surface area contributed by atoms with Crippen molar-refractivity contribution in [2.45, 2.75) is 5.75 Å². The van der Waals surface area contributed by atoms with Crippen molar-refractivity contribution < 1.29 is 14.3 Å². The van der Waals surface area contributed by atoms with Crippen LogP contribution < -0.4 is 4.74 Å². The van der Waals surface area contributed by atoms with Gasteiger partial charge in [-0.3, -0.25) is 9.59 Å². The molecule has 0 fully saturated rings. The Morgan fingerprint density at radius 1 is 0.880 bits per heavy atom. The second-order valence-corrected chi connectivity index (χ2v) is 7.28. The summed E-state index contributed by atoms with van der Waals surface area (Å²) in [7, 11) is 0. The number of carbonyl (C=O) groups excluding carboxylic acids is 2. The number of carbonyl (C=O) groups is 2. The zero-order valence-electron chi connectivity index (χ0n) is 13.4. The molecule has 1 aromatic heterocycles. The van der Waals surface area contributed by atoms with E-state index in [2.05, 4.69) is 0 Å². The Labute approximate surface area is 154 Å². The van der Waals surface area contributed by atoms with Crippen molar-refractivity contribution in [1.29, 1.82) is 0 Å². The highest BCUT2D eigenvalue weighted by atomic mass is 32.2. The normalized spacial score (nSPS) is 10.4. The molecule has 0 aliphatic rings. The molecule has 0 saturated carbocycles. The molecular formula is C20H16O3S2. The van der Waals surface area contributed by atoms with Gasteiger partial charge in [0.1, 0.15) is 5.75 Å². The van der Waals surface area contributed by atoms with Crippen molar-refractivity contribution >= 4 is 34.9 Å². The number of esters is 1. The summed E-state index contributed by atoms with van der Waals surface area (Å²) in [6.07, 6.45) is 0. The lowest BCUT2D eigenvalue weighted by atomic mass is 10.0. The Kier molecular flexibility index (Phi) is 6.04. The maximum absolute atomic E-state index is 12.3. The van der Waals surface area contributed by atoms with Crippen LogP contribution in [0, 0.1) is 0 Å². The Morgan fingerprint density at radius 2 is 1.60 bits per heavy atom. The average molecular weight is 368 g/mol. The maximum atomic E-state index is 12.3. The quantitative estimate of drug-likeness (QED) is 0.341. The van der Waals surface area contributed by atoms with E-state index in [1.807, 2.05) is 35.7 Å². The van der Waals surface area contributed by atoms with Crippen LogP contribution in [0.1, 0.15) is 20.8 Å². The van der Waals surface area contributed by atoms with Crippen LogP contribution in [-0.4, -0.2) is 17.5 Å². The van der Waals surface area contributed by atoms with E-state index in [-0.39, 0.29) is 11.8 Å². The molecule has 2 aromatic carbocycles. The summed E-state index contributed by atoms with van der Waals surface area (Å²) in [6, 6.07) is 19.8. The Morgan fingerprint density at radius 3 is 2.28 bits per heavy atom. The molecule has 3 rings (SSSR count). The molecule has 3 aromatic rings. The van der Waals surface area contributed by atoms with Crippen molar-refractivity contribution in [1.82, 2.24) is 0 Å². The van der Waals surface area contributed by atoms with Gasteiger partial charge in [0.15, 0.2) is 5.78 Å². The molecule has 0 unspecified atom stereocenters. The monoisotopic (exact) mass is 368 g/mol. The summed E-state index contributed by atoms with van der Waals surface area (Å²) >= 11 is 3.20. The maximum Gasteiger partial charge on any atom is 0.321 e. The zero-order chi connectivity index (χ0) is 17.5. The Hall–Kier alpha value is -2.37. The van der Waals surface area contributed by atoms with Crippen LogP contribution in [0.2, 0.25) is 0 Å². The molecular weight excluding hydrogens is 352 g/mol. The second-order valence-electron chi connectivity index (χ2n) is 5.27. The largest absolute Gasteiger partial charge is 0.426 e. The van der Waals surface area contributed by atoms with Gasteiger partial charge in [-0.1, -0.05) is 36.4 Å². The van der Waals surface area contributed by atoms with E-state index in [9.17, 15) is 9.59 Å². The van der Waals surface area contributed by atoms with Gasteiger partial charge in [-0.25, -0.2) is 0 Å². The topological polar surface area (TPSA) is 43.4 Å². The summed E-state index contributed by atoms with van der Waals surface area (Å²) in [5.74, 6) is 1.21. The van der Waals surface area contributed by atoms with E-state index in [0.717, 1.165) is 5.75 Å². The lowest BCUT2D eigenvalue weighted by Crippen LogP contribution is -2.11. The number of thioether (sulfide) groups is 1. The van der Waals surface area contributed by atoms with Crippen LogP contribution in [-0.2, 0) is 10.5 Å². The fraction of sp³-hybridized carbons (Fsp3) is 0.100. The molecule has 0 radical (unpaired) electrons. The van der Waals surface area contributed by atoms with Gasteiger partial charge in [-0.2, -0.15) is 0 Å². The number of hydrogen-bond donors (Lipinski definition) is 0. The minimum atomic E-state index is -0.288. The molecule has 0 amide bonds. The molecule has 126 valence electrons. The number of rotatable bonds is 7. The van der Waals surface area contributed by atoms with Crippen molar-refractivity contribution in [2.24, 2.45) is 0 Å². The van der Waals surface area contributed by atoms with Gasteiger partial charge in [-0.15, -0.1) is 23.1 Å². The Bertz CT molecular complexity index is 825. The summed E-state index contributed by atoms with van der Waals surface area (Å²) < 4.78 is 5.31. The van der Waals surface area contributed by atoms with E-state index in [4.69, 9.17) is 4.74 Å². The molecule has 0 bridgehead atoms. The molecule has 3 nitrogen and oxygen atoms in total. The number of ketones is 1. The number of benzene rings is 2. The van der Waals surface area contributed by atoms with Crippen LogP contribution in [0.15, 0.2) is 72.1 Å². The molecule has 0 spiro atoms. The average Bonchev–Trinajstić information content (AvgIpc) is 3.16. The third-order valence-electron chi connectivity index (χ3n) is 3.43.